The zero-order chi connectivity index (χ0) is 20.0. The number of sulfone groups is 1. The van der Waals surface area contributed by atoms with Crippen LogP contribution in [0.4, 0.5) is 4.39 Å². The molecule has 28 heavy (non-hydrogen) atoms. The second-order valence-electron chi connectivity index (χ2n) is 6.76. The van der Waals surface area contributed by atoms with Gasteiger partial charge in [0.15, 0.2) is 15.6 Å². The third-order valence-corrected chi connectivity index (χ3v) is 6.02. The number of furan rings is 1. The van der Waals surface area contributed by atoms with Crippen LogP contribution in [0, 0.1) is 5.82 Å². The lowest BCUT2D eigenvalue weighted by Gasteiger charge is -2.23. The van der Waals surface area contributed by atoms with Gasteiger partial charge in [-0.2, -0.15) is 0 Å². The number of hydrogen-bond acceptors (Lipinski definition) is 5. The van der Waals surface area contributed by atoms with Crippen molar-refractivity contribution in [1.82, 2.24) is 5.32 Å². The minimum absolute atomic E-state index is 0.0630. The van der Waals surface area contributed by atoms with Crippen LogP contribution < -0.4 is 10.2 Å². The summed E-state index contributed by atoms with van der Waals surface area (Å²) in [6.45, 7) is 4.58. The first-order valence-corrected chi connectivity index (χ1v) is 11.0. The number of amides is 1. The van der Waals surface area contributed by atoms with Gasteiger partial charge < -0.3 is 19.4 Å². The van der Waals surface area contributed by atoms with Crippen LogP contribution in [0.3, 0.4) is 0 Å². The maximum atomic E-state index is 13.7. The summed E-state index contributed by atoms with van der Waals surface area (Å²) in [7, 11) is -3.63. The molecule has 1 aliphatic heterocycles. The van der Waals surface area contributed by atoms with Crippen LogP contribution in [0.15, 0.2) is 40.8 Å². The molecule has 0 unspecified atom stereocenters. The van der Waals surface area contributed by atoms with Crippen LogP contribution in [-0.2, 0) is 26.1 Å². The van der Waals surface area contributed by atoms with Gasteiger partial charge >= 0.3 is 0 Å². The van der Waals surface area contributed by atoms with Gasteiger partial charge in [0.05, 0.1) is 32.1 Å². The Morgan fingerprint density at radius 2 is 1.86 bits per heavy atom. The topological polar surface area (TPSA) is 90.0 Å². The van der Waals surface area contributed by atoms with Crippen LogP contribution in [0.2, 0.25) is 0 Å². The number of carbonyl (C=O) groups excluding carboxylic acids is 1. The average molecular weight is 411 g/mol. The van der Waals surface area contributed by atoms with Crippen LogP contribution in [0.25, 0.3) is 0 Å². The van der Waals surface area contributed by atoms with Crippen molar-refractivity contribution in [2.45, 2.75) is 11.5 Å². The van der Waals surface area contributed by atoms with E-state index in [0.29, 0.717) is 6.54 Å². The van der Waals surface area contributed by atoms with E-state index in [-0.39, 0.29) is 23.0 Å². The van der Waals surface area contributed by atoms with Gasteiger partial charge in [0.1, 0.15) is 30.4 Å². The molecule has 0 radical (unpaired) electrons. The second kappa shape index (κ2) is 9.31. The molecule has 152 valence electrons. The minimum Gasteiger partial charge on any atom is -0.455 e. The highest BCUT2D eigenvalue weighted by Crippen LogP contribution is 2.17. The van der Waals surface area contributed by atoms with Crippen molar-refractivity contribution in [2.75, 3.05) is 39.4 Å². The smallest absolute Gasteiger partial charge is 0.287 e. The van der Waals surface area contributed by atoms with Crippen LogP contribution in [0.5, 0.6) is 0 Å². The lowest BCUT2D eigenvalue weighted by Crippen LogP contribution is -3.14. The number of halogens is 1. The largest absolute Gasteiger partial charge is 0.455 e. The van der Waals surface area contributed by atoms with E-state index < -0.39 is 27.2 Å². The quantitative estimate of drug-likeness (QED) is 0.647. The summed E-state index contributed by atoms with van der Waals surface area (Å²) in [6, 6.07) is 8.65. The number of nitrogens with one attached hydrogen (secondary N) is 2. The summed E-state index contributed by atoms with van der Waals surface area (Å²) in [5.74, 6) is -1.55. The maximum absolute atomic E-state index is 13.7. The highest BCUT2D eigenvalue weighted by Gasteiger charge is 2.20. The summed E-state index contributed by atoms with van der Waals surface area (Å²) < 4.78 is 49.0. The number of hydrogen-bond donors (Lipinski definition) is 2. The Labute approximate surface area is 163 Å². The molecule has 0 saturated carbocycles. The molecule has 7 nitrogen and oxygen atoms in total. The lowest BCUT2D eigenvalue weighted by molar-refractivity contribution is -0.906. The molecule has 2 aromatic rings. The predicted octanol–water partition coefficient (Wildman–Crippen LogP) is 0.179. The first-order chi connectivity index (χ1) is 13.4. The Balaban J connectivity index is 1.51. The van der Waals surface area contributed by atoms with E-state index >= 15 is 0 Å². The number of benzene rings is 1. The number of morpholine rings is 1. The summed E-state index contributed by atoms with van der Waals surface area (Å²) in [4.78, 5) is 13.5. The molecule has 1 fully saturated rings. The zero-order valence-corrected chi connectivity index (χ0v) is 16.3. The van der Waals surface area contributed by atoms with Gasteiger partial charge in [-0.25, -0.2) is 12.8 Å². The zero-order valence-electron chi connectivity index (χ0n) is 15.4. The minimum atomic E-state index is -3.63. The van der Waals surface area contributed by atoms with E-state index in [2.05, 4.69) is 5.32 Å². The molecule has 1 aliphatic rings. The molecule has 3 rings (SSSR count). The number of ether oxygens (including phenoxy) is 1. The normalized spacial score (nSPS) is 15.5. The van der Waals surface area contributed by atoms with Crippen molar-refractivity contribution in [1.29, 1.82) is 0 Å². The number of carbonyl (C=O) groups is 1. The molecule has 1 aromatic carbocycles. The fourth-order valence-electron chi connectivity index (χ4n) is 3.05. The molecule has 2 heterocycles. The van der Waals surface area contributed by atoms with Crippen molar-refractivity contribution < 1.29 is 31.7 Å². The standard InChI is InChI=1S/C19H23FN2O5S/c20-17-4-2-1-3-15(17)13-28(24,25)14-16-5-6-18(27-16)19(23)21-7-8-22-9-11-26-12-10-22/h1-6H,7-14H2,(H,21,23)/p+1. The van der Waals surface area contributed by atoms with Crippen molar-refractivity contribution in [3.8, 4) is 0 Å². The third-order valence-electron chi connectivity index (χ3n) is 4.54. The van der Waals surface area contributed by atoms with Gasteiger partial charge in [0.25, 0.3) is 5.91 Å². The number of rotatable bonds is 8. The molecular weight excluding hydrogens is 387 g/mol. The molecular formula is C19H24FN2O5S+. The first kappa shape index (κ1) is 20.5. The third kappa shape index (κ3) is 5.88. The van der Waals surface area contributed by atoms with E-state index in [0.717, 1.165) is 32.8 Å². The van der Waals surface area contributed by atoms with E-state index in [1.165, 1.54) is 35.2 Å². The second-order valence-corrected chi connectivity index (χ2v) is 8.82. The Bertz CT molecular complexity index is 907. The Kier molecular flexibility index (Phi) is 6.82. The summed E-state index contributed by atoms with van der Waals surface area (Å²) in [6.07, 6.45) is 0. The SMILES string of the molecule is O=C(NCC[NH+]1CCOCC1)c1ccc(CS(=O)(=O)Cc2ccccc2F)o1. The van der Waals surface area contributed by atoms with E-state index in [1.807, 2.05) is 0 Å². The first-order valence-electron chi connectivity index (χ1n) is 9.15. The van der Waals surface area contributed by atoms with Gasteiger partial charge in [-0.1, -0.05) is 18.2 Å². The fourth-order valence-corrected chi connectivity index (χ4v) is 4.45. The Morgan fingerprint density at radius 1 is 1.11 bits per heavy atom. The summed E-state index contributed by atoms with van der Waals surface area (Å²) in [5, 5.41) is 2.78. The summed E-state index contributed by atoms with van der Waals surface area (Å²) in [5.41, 5.74) is 0.109. The van der Waals surface area contributed by atoms with Gasteiger partial charge in [-0.05, 0) is 18.2 Å². The highest BCUT2D eigenvalue weighted by atomic mass is 32.2. The highest BCUT2D eigenvalue weighted by molar-refractivity contribution is 7.89. The molecule has 9 heteroatoms. The molecule has 0 atom stereocenters. The lowest BCUT2D eigenvalue weighted by atomic mass is 10.2. The molecule has 2 N–H and O–H groups in total. The van der Waals surface area contributed by atoms with Gasteiger partial charge in [0, 0.05) is 5.56 Å². The Morgan fingerprint density at radius 3 is 2.61 bits per heavy atom. The maximum Gasteiger partial charge on any atom is 0.287 e. The molecule has 1 amide bonds. The van der Waals surface area contributed by atoms with Crippen LogP contribution in [-0.4, -0.2) is 53.7 Å². The molecule has 0 spiro atoms. The Hall–Kier alpha value is -2.23. The van der Waals surface area contributed by atoms with Crippen molar-refractivity contribution in [2.24, 2.45) is 0 Å². The molecule has 0 aliphatic carbocycles. The average Bonchev–Trinajstić information content (AvgIpc) is 3.12. The van der Waals surface area contributed by atoms with Crippen molar-refractivity contribution in [3.05, 3.63) is 59.3 Å². The van der Waals surface area contributed by atoms with Crippen LogP contribution >= 0.6 is 0 Å². The van der Waals surface area contributed by atoms with E-state index in [1.54, 1.807) is 6.07 Å². The van der Waals surface area contributed by atoms with Crippen molar-refractivity contribution in [3.63, 3.8) is 0 Å². The summed E-state index contributed by atoms with van der Waals surface area (Å²) >= 11 is 0. The van der Waals surface area contributed by atoms with Gasteiger partial charge in [-0.3, -0.25) is 4.79 Å². The van der Waals surface area contributed by atoms with Crippen molar-refractivity contribution >= 4 is 15.7 Å². The fraction of sp³-hybridized carbons (Fsp3) is 0.421. The number of quaternary nitrogens is 1. The van der Waals surface area contributed by atoms with E-state index in [9.17, 15) is 17.6 Å². The molecule has 0 bridgehead atoms. The molecule has 1 saturated heterocycles. The van der Waals surface area contributed by atoms with Gasteiger partial charge in [-0.15, -0.1) is 0 Å². The van der Waals surface area contributed by atoms with Gasteiger partial charge in [0.2, 0.25) is 0 Å². The molecule has 1 aromatic heterocycles. The predicted molar refractivity (Wildman–Crippen MR) is 100 cm³/mol. The van der Waals surface area contributed by atoms with E-state index in [4.69, 9.17) is 9.15 Å². The monoisotopic (exact) mass is 411 g/mol. The van der Waals surface area contributed by atoms with Crippen LogP contribution in [0.1, 0.15) is 21.9 Å².